The summed E-state index contributed by atoms with van der Waals surface area (Å²) in [5, 5.41) is 7.28. The van der Waals surface area contributed by atoms with Crippen LogP contribution in [0.5, 0.6) is 5.75 Å². The number of hydrogen-bond acceptors (Lipinski definition) is 5. The van der Waals surface area contributed by atoms with Crippen molar-refractivity contribution in [2.45, 2.75) is 6.92 Å². The maximum Gasteiger partial charge on any atom is 0.264 e. The lowest BCUT2D eigenvalue weighted by atomic mass is 10.2. The molecule has 0 aliphatic carbocycles. The fourth-order valence-corrected chi connectivity index (χ4v) is 4.77. The van der Waals surface area contributed by atoms with E-state index in [4.69, 9.17) is 40.2 Å². The van der Waals surface area contributed by atoms with Crippen molar-refractivity contribution < 1.29 is 9.53 Å². The minimum Gasteiger partial charge on any atom is -0.483 e. The van der Waals surface area contributed by atoms with E-state index >= 15 is 0 Å². The number of fused-ring (bicyclic) bond motifs is 1. The number of amides is 1. The SMILES string of the molecule is Cc1ccccc1OCC(=O)NC(=S)Nc1c(Cl)cc(Cl)cc1-c1nc2ccccc2s1. The van der Waals surface area contributed by atoms with Crippen molar-refractivity contribution in [3.05, 3.63) is 76.3 Å². The van der Waals surface area contributed by atoms with Gasteiger partial charge in [0.25, 0.3) is 5.91 Å². The van der Waals surface area contributed by atoms with E-state index < -0.39 is 5.91 Å². The zero-order valence-corrected chi connectivity index (χ0v) is 20.0. The Morgan fingerprint density at radius 2 is 1.88 bits per heavy atom. The lowest BCUT2D eigenvalue weighted by Crippen LogP contribution is -2.37. The Labute approximate surface area is 204 Å². The van der Waals surface area contributed by atoms with Crippen LogP contribution in [0.1, 0.15) is 5.56 Å². The Hall–Kier alpha value is -2.71. The number of anilines is 1. The molecule has 1 aromatic heterocycles. The van der Waals surface area contributed by atoms with Gasteiger partial charge in [0.2, 0.25) is 0 Å². The minimum atomic E-state index is -0.391. The number of carbonyl (C=O) groups is 1. The Morgan fingerprint density at radius 3 is 2.66 bits per heavy atom. The van der Waals surface area contributed by atoms with Crippen molar-refractivity contribution in [3.63, 3.8) is 0 Å². The number of thiocarbonyl (C=S) groups is 1. The molecule has 32 heavy (non-hydrogen) atoms. The molecule has 0 atom stereocenters. The second kappa shape index (κ2) is 9.83. The van der Waals surface area contributed by atoms with Crippen LogP contribution >= 0.6 is 46.8 Å². The third-order valence-corrected chi connectivity index (χ3v) is 6.31. The molecule has 4 aromatic rings. The molecule has 0 unspecified atom stereocenters. The van der Waals surface area contributed by atoms with Gasteiger partial charge in [-0.2, -0.15) is 0 Å². The first-order valence-corrected chi connectivity index (χ1v) is 11.5. The molecule has 0 saturated carbocycles. The first-order valence-electron chi connectivity index (χ1n) is 9.55. The Bertz CT molecular complexity index is 1290. The standard InChI is InChI=1S/C23H17Cl2N3O2S2/c1-13-6-2-4-8-18(13)30-12-20(29)27-23(31)28-21-15(10-14(24)11-16(21)25)22-26-17-7-3-5-9-19(17)32-22/h2-11H,12H2,1H3,(H2,27,28,29,31). The van der Waals surface area contributed by atoms with Crippen LogP contribution in [-0.2, 0) is 4.79 Å². The fraction of sp³-hybridized carbons (Fsp3) is 0.0870. The van der Waals surface area contributed by atoms with Crippen LogP contribution in [0.3, 0.4) is 0 Å². The summed E-state index contributed by atoms with van der Waals surface area (Å²) in [5.41, 5.74) is 3.02. The average molecular weight is 502 g/mol. The summed E-state index contributed by atoms with van der Waals surface area (Å²) in [4.78, 5) is 17.0. The molecule has 0 aliphatic rings. The molecule has 3 aromatic carbocycles. The zero-order valence-electron chi connectivity index (χ0n) is 16.8. The highest BCUT2D eigenvalue weighted by Crippen LogP contribution is 2.40. The molecule has 0 spiro atoms. The van der Waals surface area contributed by atoms with E-state index in [1.165, 1.54) is 11.3 Å². The molecular formula is C23H17Cl2N3O2S2. The van der Waals surface area contributed by atoms with Crippen LogP contribution in [0, 0.1) is 6.92 Å². The monoisotopic (exact) mass is 501 g/mol. The van der Waals surface area contributed by atoms with Gasteiger partial charge < -0.3 is 10.1 Å². The normalized spacial score (nSPS) is 10.7. The van der Waals surface area contributed by atoms with Gasteiger partial charge in [-0.15, -0.1) is 11.3 Å². The number of aromatic nitrogens is 1. The lowest BCUT2D eigenvalue weighted by Gasteiger charge is -2.15. The number of carbonyl (C=O) groups excluding carboxylic acids is 1. The van der Waals surface area contributed by atoms with Crippen LogP contribution in [0.2, 0.25) is 10.0 Å². The largest absolute Gasteiger partial charge is 0.483 e. The predicted molar refractivity (Wildman–Crippen MR) is 136 cm³/mol. The van der Waals surface area contributed by atoms with Gasteiger partial charge in [-0.3, -0.25) is 10.1 Å². The number of aryl methyl sites for hydroxylation is 1. The molecule has 0 fully saturated rings. The average Bonchev–Trinajstić information content (AvgIpc) is 3.19. The molecule has 0 aliphatic heterocycles. The number of benzene rings is 3. The molecular weight excluding hydrogens is 485 g/mol. The van der Waals surface area contributed by atoms with Crippen molar-refractivity contribution in [1.29, 1.82) is 0 Å². The van der Waals surface area contributed by atoms with Crippen molar-refractivity contribution in [3.8, 4) is 16.3 Å². The fourth-order valence-electron chi connectivity index (χ4n) is 3.03. The van der Waals surface area contributed by atoms with E-state index in [9.17, 15) is 4.79 Å². The minimum absolute atomic E-state index is 0.0926. The second-order valence-corrected chi connectivity index (χ2v) is 9.14. The zero-order chi connectivity index (χ0) is 22.7. The van der Waals surface area contributed by atoms with Crippen molar-refractivity contribution in [2.24, 2.45) is 0 Å². The Morgan fingerprint density at radius 1 is 1.12 bits per heavy atom. The van der Waals surface area contributed by atoms with Gasteiger partial charge in [-0.1, -0.05) is 53.5 Å². The van der Waals surface area contributed by atoms with E-state index in [-0.39, 0.29) is 11.7 Å². The van der Waals surface area contributed by atoms with Crippen LogP contribution in [0.4, 0.5) is 5.69 Å². The number of halogens is 2. The van der Waals surface area contributed by atoms with Crippen molar-refractivity contribution >= 4 is 73.7 Å². The van der Waals surface area contributed by atoms with Gasteiger partial charge in [0.05, 0.1) is 20.9 Å². The highest BCUT2D eigenvalue weighted by atomic mass is 35.5. The Balaban J connectivity index is 1.50. The van der Waals surface area contributed by atoms with Gasteiger partial charge in [-0.05, 0) is 55.0 Å². The van der Waals surface area contributed by atoms with Gasteiger partial charge in [-0.25, -0.2) is 4.98 Å². The predicted octanol–water partition coefficient (Wildman–Crippen LogP) is 6.47. The van der Waals surface area contributed by atoms with E-state index in [0.29, 0.717) is 27.0 Å². The van der Waals surface area contributed by atoms with E-state index in [1.54, 1.807) is 18.2 Å². The number of ether oxygens (including phenoxy) is 1. The first kappa shape index (κ1) is 22.5. The number of thiazole rings is 1. The summed E-state index contributed by atoms with van der Waals surface area (Å²) in [7, 11) is 0. The van der Waals surface area contributed by atoms with Gasteiger partial charge >= 0.3 is 0 Å². The smallest absolute Gasteiger partial charge is 0.264 e. The molecule has 0 saturated heterocycles. The first-order chi connectivity index (χ1) is 15.4. The number of nitrogens with zero attached hydrogens (tertiary/aromatic N) is 1. The maximum atomic E-state index is 12.3. The topological polar surface area (TPSA) is 63.2 Å². The third-order valence-electron chi connectivity index (χ3n) is 4.52. The van der Waals surface area contributed by atoms with Crippen LogP contribution in [0.25, 0.3) is 20.8 Å². The third kappa shape index (κ3) is 5.19. The Kier molecular flexibility index (Phi) is 6.91. The number of hydrogen-bond donors (Lipinski definition) is 2. The summed E-state index contributed by atoms with van der Waals surface area (Å²) in [6.07, 6.45) is 0. The second-order valence-electron chi connectivity index (χ2n) is 6.85. The van der Waals surface area contributed by atoms with Crippen LogP contribution in [0.15, 0.2) is 60.7 Å². The molecule has 162 valence electrons. The van der Waals surface area contributed by atoms with Gasteiger partial charge in [0.15, 0.2) is 11.7 Å². The quantitative estimate of drug-likeness (QED) is 0.306. The molecule has 0 radical (unpaired) electrons. The number of nitrogens with one attached hydrogen (secondary N) is 2. The maximum absolute atomic E-state index is 12.3. The van der Waals surface area contributed by atoms with Gasteiger partial charge in [0.1, 0.15) is 10.8 Å². The van der Waals surface area contributed by atoms with Gasteiger partial charge in [0, 0.05) is 10.6 Å². The van der Waals surface area contributed by atoms with Crippen molar-refractivity contribution in [1.82, 2.24) is 10.3 Å². The highest BCUT2D eigenvalue weighted by molar-refractivity contribution is 7.80. The number of para-hydroxylation sites is 2. The van der Waals surface area contributed by atoms with E-state index in [0.717, 1.165) is 20.8 Å². The van der Waals surface area contributed by atoms with E-state index in [1.807, 2.05) is 49.4 Å². The lowest BCUT2D eigenvalue weighted by molar-refractivity contribution is -0.121. The van der Waals surface area contributed by atoms with Crippen LogP contribution < -0.4 is 15.4 Å². The summed E-state index contributed by atoms with van der Waals surface area (Å²) >= 11 is 19.5. The molecule has 4 rings (SSSR count). The molecule has 1 heterocycles. The summed E-state index contributed by atoms with van der Waals surface area (Å²) in [6.45, 7) is 1.73. The molecule has 0 bridgehead atoms. The summed E-state index contributed by atoms with van der Waals surface area (Å²) in [5.74, 6) is 0.248. The summed E-state index contributed by atoms with van der Waals surface area (Å²) < 4.78 is 6.60. The molecule has 1 amide bonds. The number of rotatable bonds is 5. The summed E-state index contributed by atoms with van der Waals surface area (Å²) in [6, 6.07) is 18.6. The van der Waals surface area contributed by atoms with Crippen LogP contribution in [-0.4, -0.2) is 22.6 Å². The molecule has 9 heteroatoms. The molecule has 2 N–H and O–H groups in total. The molecule has 5 nitrogen and oxygen atoms in total. The highest BCUT2D eigenvalue weighted by Gasteiger charge is 2.17. The van der Waals surface area contributed by atoms with Crippen molar-refractivity contribution in [2.75, 3.05) is 11.9 Å². The van der Waals surface area contributed by atoms with E-state index in [2.05, 4.69) is 15.6 Å².